The van der Waals surface area contributed by atoms with Gasteiger partial charge in [0.2, 0.25) is 5.62 Å². The van der Waals surface area contributed by atoms with Crippen LogP contribution in [0.4, 0.5) is 13.2 Å². The van der Waals surface area contributed by atoms with Gasteiger partial charge in [-0.3, -0.25) is 14.6 Å². The lowest BCUT2D eigenvalue weighted by Crippen LogP contribution is -2.26. The van der Waals surface area contributed by atoms with Crippen LogP contribution >= 0.6 is 0 Å². The standard InChI is InChI=1S/C29H33N3O2.C2HF3O2/c1-28(2,3)21-16-20(17-22(26(21)34)29(4,5)6)24(33)18-32-25(19-12-8-7-9-13-19)23-14-10-11-15-31(23)27(32)30;3-2(4,5)1(6)7/h7-17,30,34H,18H2,1-6H3;(H,6,7). The maximum atomic E-state index is 13.7. The monoisotopic (exact) mass is 569 g/mol. The van der Waals surface area contributed by atoms with Gasteiger partial charge in [-0.15, -0.1) is 0 Å². The number of carboxylic acids is 1. The quantitative estimate of drug-likeness (QED) is 0.238. The number of ketones is 1. The van der Waals surface area contributed by atoms with Crippen molar-refractivity contribution < 1.29 is 33.0 Å². The minimum absolute atomic E-state index is 0.0304. The molecule has 2 aromatic heterocycles. The molecule has 0 unspecified atom stereocenters. The Labute approximate surface area is 236 Å². The number of phenols is 1. The Morgan fingerprint density at radius 2 is 1.34 bits per heavy atom. The van der Waals surface area contributed by atoms with Crippen LogP contribution in [0.1, 0.15) is 63.0 Å². The van der Waals surface area contributed by atoms with Crippen LogP contribution in [0.5, 0.6) is 5.75 Å². The largest absolute Gasteiger partial charge is 0.507 e. The van der Waals surface area contributed by atoms with Crippen molar-refractivity contribution in [2.75, 3.05) is 0 Å². The van der Waals surface area contributed by atoms with Crippen LogP contribution in [0, 0.1) is 5.41 Å². The molecule has 7 nitrogen and oxygen atoms in total. The van der Waals surface area contributed by atoms with Gasteiger partial charge in [-0.25, -0.2) is 4.79 Å². The van der Waals surface area contributed by atoms with Crippen molar-refractivity contribution in [2.24, 2.45) is 0 Å². The molecule has 0 saturated carbocycles. The molecule has 0 saturated heterocycles. The minimum atomic E-state index is -5.08. The second kappa shape index (κ2) is 11.3. The Hall–Kier alpha value is -4.34. The third-order valence-corrected chi connectivity index (χ3v) is 6.50. The number of Topliss-reactive ketones (excluding diaryl/α,β-unsaturated/α-hetero) is 1. The summed E-state index contributed by atoms with van der Waals surface area (Å²) < 4.78 is 35.3. The molecule has 2 heterocycles. The predicted octanol–water partition coefficient (Wildman–Crippen LogP) is 6.70. The van der Waals surface area contributed by atoms with Gasteiger partial charge in [0.1, 0.15) is 5.75 Å². The number of aliphatic carboxylic acids is 1. The van der Waals surface area contributed by atoms with E-state index in [0.29, 0.717) is 5.56 Å². The smallest absolute Gasteiger partial charge is 0.490 e. The molecule has 0 atom stereocenters. The van der Waals surface area contributed by atoms with Crippen LogP contribution in [-0.4, -0.2) is 37.1 Å². The molecule has 0 bridgehead atoms. The maximum Gasteiger partial charge on any atom is 0.490 e. The molecular formula is C31H34F3N3O4. The lowest BCUT2D eigenvalue weighted by molar-refractivity contribution is -0.192. The highest BCUT2D eigenvalue weighted by atomic mass is 19.4. The number of benzene rings is 2. The number of nitrogens with one attached hydrogen (secondary N) is 1. The predicted molar refractivity (Wildman–Crippen MR) is 150 cm³/mol. The molecular weight excluding hydrogens is 535 g/mol. The second-order valence-corrected chi connectivity index (χ2v) is 11.7. The van der Waals surface area contributed by atoms with E-state index in [1.165, 1.54) is 0 Å². The highest BCUT2D eigenvalue weighted by Gasteiger charge is 2.38. The molecule has 0 amide bonds. The molecule has 0 aliphatic rings. The van der Waals surface area contributed by atoms with Gasteiger partial charge >= 0.3 is 12.1 Å². The molecule has 0 aliphatic carbocycles. The van der Waals surface area contributed by atoms with Gasteiger partial charge in [-0.2, -0.15) is 13.2 Å². The van der Waals surface area contributed by atoms with E-state index >= 15 is 0 Å². The third kappa shape index (κ3) is 6.87. The molecule has 10 heteroatoms. The van der Waals surface area contributed by atoms with E-state index < -0.39 is 12.1 Å². The Bertz CT molecular complexity index is 1600. The summed E-state index contributed by atoms with van der Waals surface area (Å²) in [6.07, 6.45) is -3.24. The highest BCUT2D eigenvalue weighted by Crippen LogP contribution is 2.40. The van der Waals surface area contributed by atoms with Crippen molar-refractivity contribution in [2.45, 2.75) is 65.1 Å². The Balaban J connectivity index is 0.000000587. The zero-order chi connectivity index (χ0) is 30.9. The second-order valence-electron chi connectivity index (χ2n) is 11.7. The van der Waals surface area contributed by atoms with E-state index in [2.05, 4.69) is 0 Å². The van der Waals surface area contributed by atoms with E-state index in [-0.39, 0.29) is 34.5 Å². The van der Waals surface area contributed by atoms with Crippen molar-refractivity contribution in [1.29, 1.82) is 5.41 Å². The number of aromatic nitrogens is 2. The molecule has 0 fully saturated rings. The van der Waals surface area contributed by atoms with E-state index in [1.807, 2.05) is 108 Å². The molecule has 4 aromatic rings. The van der Waals surface area contributed by atoms with Gasteiger partial charge in [0.05, 0.1) is 17.8 Å². The molecule has 0 radical (unpaired) electrons. The first-order valence-corrected chi connectivity index (χ1v) is 12.8. The van der Waals surface area contributed by atoms with Gasteiger partial charge in [0, 0.05) is 28.5 Å². The number of pyridine rings is 1. The van der Waals surface area contributed by atoms with Gasteiger partial charge < -0.3 is 14.8 Å². The van der Waals surface area contributed by atoms with Crippen molar-refractivity contribution in [3.63, 3.8) is 0 Å². The first-order chi connectivity index (χ1) is 18.8. The number of carboxylic acid groups (broad SMARTS) is 1. The van der Waals surface area contributed by atoms with Gasteiger partial charge in [0.15, 0.2) is 5.78 Å². The average molecular weight is 570 g/mol. The Morgan fingerprint density at radius 3 is 1.80 bits per heavy atom. The third-order valence-electron chi connectivity index (χ3n) is 6.50. The number of carbonyl (C=O) groups is 2. The van der Waals surface area contributed by atoms with Gasteiger partial charge in [0.25, 0.3) is 0 Å². The number of alkyl halides is 3. The number of nitrogens with zero attached hydrogens (tertiary/aromatic N) is 2. The number of halogens is 3. The molecule has 41 heavy (non-hydrogen) atoms. The first kappa shape index (κ1) is 31.2. The fourth-order valence-corrected chi connectivity index (χ4v) is 4.42. The summed E-state index contributed by atoms with van der Waals surface area (Å²) in [6, 6.07) is 19.3. The van der Waals surface area contributed by atoms with Gasteiger partial charge in [-0.1, -0.05) is 77.9 Å². The van der Waals surface area contributed by atoms with Crippen LogP contribution in [-0.2, 0) is 22.2 Å². The summed E-state index contributed by atoms with van der Waals surface area (Å²) in [7, 11) is 0. The molecule has 0 aliphatic heterocycles. The SMILES string of the molecule is CC(C)(C)c1cc(C(=O)Cn2c(-c3ccccc3)c3ccccn3c2=N)cc(C(C)(C)C)c1O.O=C(O)C(F)(F)F. The Kier molecular flexibility index (Phi) is 8.57. The maximum absolute atomic E-state index is 13.7. The summed E-state index contributed by atoms with van der Waals surface area (Å²) in [6.45, 7) is 12.2. The summed E-state index contributed by atoms with van der Waals surface area (Å²) >= 11 is 0. The van der Waals surface area contributed by atoms with E-state index in [0.717, 1.165) is 27.9 Å². The van der Waals surface area contributed by atoms with Crippen molar-refractivity contribution in [1.82, 2.24) is 8.97 Å². The number of rotatable bonds is 4. The minimum Gasteiger partial charge on any atom is -0.507 e. The molecule has 218 valence electrons. The number of aromatic hydroxyl groups is 1. The molecule has 0 spiro atoms. The van der Waals surface area contributed by atoms with E-state index in [4.69, 9.17) is 15.3 Å². The van der Waals surface area contributed by atoms with Crippen molar-refractivity contribution >= 4 is 17.3 Å². The Morgan fingerprint density at radius 1 is 0.854 bits per heavy atom. The number of hydrogen-bond acceptors (Lipinski definition) is 4. The average Bonchev–Trinajstić information content (AvgIpc) is 3.14. The summed E-state index contributed by atoms with van der Waals surface area (Å²) in [5.74, 6) is -2.60. The summed E-state index contributed by atoms with van der Waals surface area (Å²) in [5, 5.41) is 27.0. The zero-order valence-electron chi connectivity index (χ0n) is 23.8. The van der Waals surface area contributed by atoms with Crippen LogP contribution in [0.15, 0.2) is 66.9 Å². The van der Waals surface area contributed by atoms with Crippen LogP contribution < -0.4 is 5.62 Å². The van der Waals surface area contributed by atoms with E-state index in [9.17, 15) is 23.1 Å². The van der Waals surface area contributed by atoms with Gasteiger partial charge in [-0.05, 0) is 35.1 Å². The number of fused-ring (bicyclic) bond motifs is 1. The van der Waals surface area contributed by atoms with Crippen LogP contribution in [0.3, 0.4) is 0 Å². The number of carbonyl (C=O) groups excluding carboxylic acids is 1. The lowest BCUT2D eigenvalue weighted by Gasteiger charge is -2.28. The topological polar surface area (TPSA) is 108 Å². The fourth-order valence-electron chi connectivity index (χ4n) is 4.42. The number of hydrogen-bond donors (Lipinski definition) is 3. The van der Waals surface area contributed by atoms with Crippen LogP contribution in [0.25, 0.3) is 16.8 Å². The number of imidazole rings is 1. The molecule has 4 rings (SSSR count). The number of phenolic OH excluding ortho intramolecular Hbond substituents is 1. The van der Waals surface area contributed by atoms with Crippen molar-refractivity contribution in [3.05, 3.63) is 89.2 Å². The fraction of sp³-hybridized carbons (Fsp3) is 0.323. The van der Waals surface area contributed by atoms with Crippen molar-refractivity contribution in [3.8, 4) is 17.0 Å². The van der Waals surface area contributed by atoms with Crippen LogP contribution in [0.2, 0.25) is 0 Å². The normalized spacial score (nSPS) is 12.1. The lowest BCUT2D eigenvalue weighted by atomic mass is 9.78. The molecule has 2 aromatic carbocycles. The first-order valence-electron chi connectivity index (χ1n) is 12.8. The van der Waals surface area contributed by atoms with E-state index in [1.54, 1.807) is 8.97 Å². The summed E-state index contributed by atoms with van der Waals surface area (Å²) in [5.41, 5.74) is 4.32. The molecule has 3 N–H and O–H groups in total. The summed E-state index contributed by atoms with van der Waals surface area (Å²) in [4.78, 5) is 22.6. The zero-order valence-corrected chi connectivity index (χ0v) is 23.8. The highest BCUT2D eigenvalue weighted by molar-refractivity contribution is 5.97.